The molecule has 1 aromatic rings. The molecule has 0 saturated carbocycles. The molecule has 0 aliphatic carbocycles. The van der Waals surface area contributed by atoms with E-state index in [1.165, 1.54) is 0 Å². The van der Waals surface area contributed by atoms with E-state index in [9.17, 15) is 9.90 Å². The van der Waals surface area contributed by atoms with Crippen molar-refractivity contribution in [1.82, 2.24) is 0 Å². The Bertz CT molecular complexity index is 472. The molecule has 2 atom stereocenters. The minimum Gasteiger partial charge on any atom is -0.496 e. The van der Waals surface area contributed by atoms with E-state index < -0.39 is 0 Å². The lowest BCUT2D eigenvalue weighted by Crippen LogP contribution is -2.36. The molecule has 1 N–H and O–H groups in total. The molecule has 1 aliphatic rings. The monoisotopic (exact) mass is 263 g/mol. The predicted molar refractivity (Wildman–Crippen MR) is 75.0 cm³/mol. The third-order valence-electron chi connectivity index (χ3n) is 3.96. The number of methoxy groups -OCH3 is 1. The third kappa shape index (κ3) is 2.45. The van der Waals surface area contributed by atoms with Crippen LogP contribution in [-0.4, -0.2) is 37.2 Å². The van der Waals surface area contributed by atoms with Crippen molar-refractivity contribution in [2.75, 3.05) is 25.2 Å². The van der Waals surface area contributed by atoms with E-state index in [1.807, 2.05) is 12.1 Å². The molecule has 1 saturated heterocycles. The highest BCUT2D eigenvalue weighted by atomic mass is 16.5. The van der Waals surface area contributed by atoms with E-state index in [2.05, 4.69) is 11.8 Å². The fourth-order valence-corrected chi connectivity index (χ4v) is 2.87. The van der Waals surface area contributed by atoms with Gasteiger partial charge in [0.2, 0.25) is 0 Å². The van der Waals surface area contributed by atoms with E-state index in [0.717, 1.165) is 18.7 Å². The van der Waals surface area contributed by atoms with E-state index >= 15 is 0 Å². The summed E-state index contributed by atoms with van der Waals surface area (Å²) < 4.78 is 5.29. The zero-order chi connectivity index (χ0) is 14.0. The average molecular weight is 263 g/mol. The molecule has 0 amide bonds. The molecule has 2 rings (SSSR count). The van der Waals surface area contributed by atoms with Gasteiger partial charge < -0.3 is 14.7 Å². The number of aliphatic hydroxyl groups is 1. The van der Waals surface area contributed by atoms with Gasteiger partial charge in [0.05, 0.1) is 31.0 Å². The molecule has 0 radical (unpaired) electrons. The molecule has 4 nitrogen and oxygen atoms in total. The maximum atomic E-state index is 11.9. The van der Waals surface area contributed by atoms with Gasteiger partial charge in [-0.1, -0.05) is 13.0 Å². The van der Waals surface area contributed by atoms with E-state index in [-0.39, 0.29) is 18.4 Å². The summed E-state index contributed by atoms with van der Waals surface area (Å²) in [6.45, 7) is 4.65. The number of hydrogen-bond donors (Lipinski definition) is 1. The Labute approximate surface area is 114 Å². The Hall–Kier alpha value is -1.55. The van der Waals surface area contributed by atoms with Crippen molar-refractivity contribution in [3.63, 3.8) is 0 Å². The van der Waals surface area contributed by atoms with Gasteiger partial charge in [-0.3, -0.25) is 4.79 Å². The van der Waals surface area contributed by atoms with Crippen molar-refractivity contribution in [2.45, 2.75) is 26.3 Å². The summed E-state index contributed by atoms with van der Waals surface area (Å²) in [7, 11) is 1.57. The maximum absolute atomic E-state index is 11.9. The van der Waals surface area contributed by atoms with Crippen LogP contribution in [0.3, 0.4) is 0 Å². The van der Waals surface area contributed by atoms with Crippen LogP contribution in [0.4, 0.5) is 5.69 Å². The standard InChI is InChI=1S/C15H21NO3/c1-10-7-8-16(13(10)9-17)12-5-4-6-14(19-3)15(12)11(2)18/h4-6,10,13,17H,7-9H2,1-3H3. The fraction of sp³-hybridized carbons (Fsp3) is 0.533. The van der Waals surface area contributed by atoms with Crippen LogP contribution in [0.1, 0.15) is 30.6 Å². The summed E-state index contributed by atoms with van der Waals surface area (Å²) in [5.41, 5.74) is 1.48. The molecule has 1 aliphatic heterocycles. The smallest absolute Gasteiger partial charge is 0.165 e. The number of carbonyl (C=O) groups is 1. The first kappa shape index (κ1) is 13.9. The van der Waals surface area contributed by atoms with E-state index in [0.29, 0.717) is 17.2 Å². The highest BCUT2D eigenvalue weighted by Crippen LogP contribution is 2.35. The lowest BCUT2D eigenvalue weighted by atomic mass is 10.0. The van der Waals surface area contributed by atoms with Crippen molar-refractivity contribution < 1.29 is 14.6 Å². The minimum atomic E-state index is -0.0105. The van der Waals surface area contributed by atoms with Gasteiger partial charge in [-0.25, -0.2) is 0 Å². The number of nitrogens with zero attached hydrogens (tertiary/aromatic N) is 1. The molecule has 19 heavy (non-hydrogen) atoms. The first-order valence-corrected chi connectivity index (χ1v) is 6.65. The van der Waals surface area contributed by atoms with Crippen LogP contribution in [0.25, 0.3) is 0 Å². The van der Waals surface area contributed by atoms with Crippen molar-refractivity contribution in [3.8, 4) is 5.75 Å². The first-order chi connectivity index (χ1) is 9.10. The number of ether oxygens (including phenoxy) is 1. The van der Waals surface area contributed by atoms with Crippen LogP contribution in [0.2, 0.25) is 0 Å². The van der Waals surface area contributed by atoms with Gasteiger partial charge in [0.1, 0.15) is 5.75 Å². The van der Waals surface area contributed by atoms with E-state index in [1.54, 1.807) is 20.1 Å². The molecule has 1 fully saturated rings. The number of aliphatic hydroxyl groups excluding tert-OH is 1. The number of benzene rings is 1. The van der Waals surface area contributed by atoms with Gasteiger partial charge in [-0.15, -0.1) is 0 Å². The summed E-state index contributed by atoms with van der Waals surface area (Å²) in [6.07, 6.45) is 1.03. The number of carbonyl (C=O) groups excluding carboxylic acids is 1. The quantitative estimate of drug-likeness (QED) is 0.845. The van der Waals surface area contributed by atoms with Crippen LogP contribution >= 0.6 is 0 Å². The molecule has 104 valence electrons. The molecule has 0 aromatic heterocycles. The Morgan fingerprint density at radius 1 is 1.53 bits per heavy atom. The number of anilines is 1. The lowest BCUT2D eigenvalue weighted by Gasteiger charge is -2.29. The molecule has 4 heteroatoms. The summed E-state index contributed by atoms with van der Waals surface area (Å²) in [5, 5.41) is 9.57. The van der Waals surface area contributed by atoms with Gasteiger partial charge in [0.25, 0.3) is 0 Å². The van der Waals surface area contributed by atoms with Crippen molar-refractivity contribution in [1.29, 1.82) is 0 Å². The van der Waals surface area contributed by atoms with Crippen LogP contribution < -0.4 is 9.64 Å². The van der Waals surface area contributed by atoms with Crippen molar-refractivity contribution in [2.24, 2.45) is 5.92 Å². The molecular formula is C15H21NO3. The molecule has 2 unspecified atom stereocenters. The summed E-state index contributed by atoms with van der Waals surface area (Å²) in [6, 6.07) is 5.69. The molecule has 0 bridgehead atoms. The van der Waals surface area contributed by atoms with Crippen LogP contribution in [0, 0.1) is 5.92 Å². The highest BCUT2D eigenvalue weighted by molar-refractivity contribution is 6.02. The second-order valence-electron chi connectivity index (χ2n) is 5.12. The Balaban J connectivity index is 2.47. The first-order valence-electron chi connectivity index (χ1n) is 6.65. The second-order valence-corrected chi connectivity index (χ2v) is 5.12. The summed E-state index contributed by atoms with van der Waals surface area (Å²) in [5.74, 6) is 1.01. The van der Waals surface area contributed by atoms with E-state index in [4.69, 9.17) is 4.74 Å². The summed E-state index contributed by atoms with van der Waals surface area (Å²) >= 11 is 0. The average Bonchev–Trinajstić information content (AvgIpc) is 2.78. The normalized spacial score (nSPS) is 22.6. The SMILES string of the molecule is COc1cccc(N2CCC(C)C2CO)c1C(C)=O. The van der Waals surface area contributed by atoms with Gasteiger partial charge in [0, 0.05) is 6.54 Å². The second kappa shape index (κ2) is 5.61. The fourth-order valence-electron chi connectivity index (χ4n) is 2.87. The third-order valence-corrected chi connectivity index (χ3v) is 3.96. The number of ketones is 1. The zero-order valence-electron chi connectivity index (χ0n) is 11.7. The van der Waals surface area contributed by atoms with Gasteiger partial charge in [-0.2, -0.15) is 0 Å². The number of Topliss-reactive ketones (excluding diaryl/α,β-unsaturated/α-hetero) is 1. The molecule has 1 heterocycles. The number of rotatable bonds is 4. The van der Waals surface area contributed by atoms with Crippen LogP contribution in [0.5, 0.6) is 5.75 Å². The van der Waals surface area contributed by atoms with Gasteiger partial charge in [0.15, 0.2) is 5.78 Å². The lowest BCUT2D eigenvalue weighted by molar-refractivity contribution is 0.101. The maximum Gasteiger partial charge on any atom is 0.165 e. The van der Waals surface area contributed by atoms with Crippen molar-refractivity contribution >= 4 is 11.5 Å². The molecule has 0 spiro atoms. The van der Waals surface area contributed by atoms with Crippen LogP contribution in [0.15, 0.2) is 18.2 Å². The van der Waals surface area contributed by atoms with Gasteiger partial charge in [-0.05, 0) is 31.4 Å². The largest absolute Gasteiger partial charge is 0.496 e. The molecule has 1 aromatic carbocycles. The van der Waals surface area contributed by atoms with Crippen molar-refractivity contribution in [3.05, 3.63) is 23.8 Å². The Morgan fingerprint density at radius 2 is 2.26 bits per heavy atom. The van der Waals surface area contributed by atoms with Gasteiger partial charge >= 0.3 is 0 Å². The highest BCUT2D eigenvalue weighted by Gasteiger charge is 2.33. The minimum absolute atomic E-state index is 0.0105. The Kier molecular flexibility index (Phi) is 4.10. The number of hydrogen-bond acceptors (Lipinski definition) is 4. The zero-order valence-corrected chi connectivity index (χ0v) is 11.7. The predicted octanol–water partition coefficient (Wildman–Crippen LogP) is 2.10. The van der Waals surface area contributed by atoms with Crippen LogP contribution in [-0.2, 0) is 0 Å². The molecular weight excluding hydrogens is 242 g/mol. The topological polar surface area (TPSA) is 49.8 Å². The summed E-state index contributed by atoms with van der Waals surface area (Å²) in [4.78, 5) is 14.0. The Morgan fingerprint density at radius 3 is 2.84 bits per heavy atom.